The highest BCUT2D eigenvalue weighted by atomic mass is 32.2. The maximum Gasteiger partial charge on any atom is 0.261 e. The first-order valence-corrected chi connectivity index (χ1v) is 9.57. The van der Waals surface area contributed by atoms with Crippen molar-refractivity contribution in [1.82, 2.24) is 25.1 Å². The normalized spacial score (nSPS) is 13.3. The van der Waals surface area contributed by atoms with Crippen molar-refractivity contribution in [2.24, 2.45) is 0 Å². The molecular formula is C19H17N5O2S. The number of fused-ring (bicyclic) bond motifs is 1. The van der Waals surface area contributed by atoms with Gasteiger partial charge >= 0.3 is 0 Å². The molecule has 2 aromatic carbocycles. The Kier molecular flexibility index (Phi) is 4.72. The molecule has 0 N–H and O–H groups in total. The zero-order valence-corrected chi connectivity index (χ0v) is 15.5. The van der Waals surface area contributed by atoms with Crippen LogP contribution in [0.25, 0.3) is 5.69 Å². The number of benzene rings is 2. The third-order valence-corrected chi connectivity index (χ3v) is 5.33. The Labute approximate surface area is 160 Å². The van der Waals surface area contributed by atoms with Crippen LogP contribution in [0.3, 0.4) is 0 Å². The average Bonchev–Trinajstić information content (AvgIpc) is 3.24. The molecule has 2 heterocycles. The first-order chi connectivity index (χ1) is 13.1. The van der Waals surface area contributed by atoms with Crippen LogP contribution in [0.2, 0.25) is 0 Å². The summed E-state index contributed by atoms with van der Waals surface area (Å²) in [6.07, 6.45) is 0.664. The second kappa shape index (κ2) is 7.32. The summed E-state index contributed by atoms with van der Waals surface area (Å²) < 4.78 is 1.69. The van der Waals surface area contributed by atoms with Gasteiger partial charge < -0.3 is 0 Å². The van der Waals surface area contributed by atoms with E-state index in [1.165, 1.54) is 16.7 Å². The quantitative estimate of drug-likeness (QED) is 0.372. The topological polar surface area (TPSA) is 81.0 Å². The summed E-state index contributed by atoms with van der Waals surface area (Å²) in [7, 11) is 0. The van der Waals surface area contributed by atoms with Gasteiger partial charge in [-0.3, -0.25) is 14.5 Å². The molecule has 0 saturated heterocycles. The molecule has 0 bridgehead atoms. The molecule has 2 amide bonds. The standard InChI is InChI=1S/C19H17N5O2S/c1-13-6-4-7-14(12-13)24-19(20-21-22-24)27-11-5-10-23-17(25)15-8-2-3-9-16(15)18(23)26/h2-4,6-9,12H,5,10-11H2,1H3. The van der Waals surface area contributed by atoms with Crippen molar-refractivity contribution in [3.05, 3.63) is 65.2 Å². The van der Waals surface area contributed by atoms with Crippen molar-refractivity contribution in [2.45, 2.75) is 18.5 Å². The SMILES string of the molecule is Cc1cccc(-n2nnnc2SCCCN2C(=O)c3ccccc3C2=O)c1. The summed E-state index contributed by atoms with van der Waals surface area (Å²) in [6.45, 7) is 2.40. The summed E-state index contributed by atoms with van der Waals surface area (Å²) in [6, 6.07) is 14.9. The summed E-state index contributed by atoms with van der Waals surface area (Å²) in [5.41, 5.74) is 3.00. The predicted molar refractivity (Wildman–Crippen MR) is 101 cm³/mol. The summed E-state index contributed by atoms with van der Waals surface area (Å²) >= 11 is 1.50. The second-order valence-electron chi connectivity index (χ2n) is 6.22. The smallest absolute Gasteiger partial charge is 0.261 e. The highest BCUT2D eigenvalue weighted by Crippen LogP contribution is 2.24. The molecule has 0 radical (unpaired) electrons. The molecule has 0 aliphatic carbocycles. The van der Waals surface area contributed by atoms with Crippen LogP contribution in [0, 0.1) is 6.92 Å². The van der Waals surface area contributed by atoms with Crippen LogP contribution in [0.1, 0.15) is 32.7 Å². The fourth-order valence-corrected chi connectivity index (χ4v) is 3.83. The van der Waals surface area contributed by atoms with Crippen LogP contribution in [0.15, 0.2) is 53.7 Å². The van der Waals surface area contributed by atoms with Gasteiger partial charge in [0.05, 0.1) is 16.8 Å². The number of rotatable bonds is 6. The number of carbonyl (C=O) groups excluding carboxylic acids is 2. The Balaban J connectivity index is 1.36. The molecule has 0 fully saturated rings. The van der Waals surface area contributed by atoms with E-state index in [4.69, 9.17) is 0 Å². The molecule has 7 nitrogen and oxygen atoms in total. The number of aryl methyl sites for hydroxylation is 1. The molecule has 1 aliphatic rings. The molecule has 136 valence electrons. The Hall–Kier alpha value is -3.00. The first-order valence-electron chi connectivity index (χ1n) is 8.58. The minimum absolute atomic E-state index is 0.217. The van der Waals surface area contributed by atoms with Gasteiger partial charge in [0.2, 0.25) is 5.16 Å². The molecule has 27 heavy (non-hydrogen) atoms. The summed E-state index contributed by atoms with van der Waals surface area (Å²) in [4.78, 5) is 26.0. The zero-order chi connectivity index (χ0) is 18.8. The van der Waals surface area contributed by atoms with Gasteiger partial charge in [-0.15, -0.1) is 5.10 Å². The maximum atomic E-state index is 12.4. The summed E-state index contributed by atoms with van der Waals surface area (Å²) in [5.74, 6) is 0.259. The highest BCUT2D eigenvalue weighted by molar-refractivity contribution is 7.99. The number of aromatic nitrogens is 4. The molecule has 4 rings (SSSR count). The number of tetrazole rings is 1. The number of imide groups is 1. The monoisotopic (exact) mass is 379 g/mol. The lowest BCUT2D eigenvalue weighted by Crippen LogP contribution is -2.31. The zero-order valence-electron chi connectivity index (χ0n) is 14.7. The van der Waals surface area contributed by atoms with E-state index in [9.17, 15) is 9.59 Å². The Morgan fingerprint density at radius 1 is 1.00 bits per heavy atom. The van der Waals surface area contributed by atoms with Gasteiger partial charge in [0.15, 0.2) is 0 Å². The van der Waals surface area contributed by atoms with Gasteiger partial charge in [0.1, 0.15) is 0 Å². The highest BCUT2D eigenvalue weighted by Gasteiger charge is 2.34. The number of hydrogen-bond acceptors (Lipinski definition) is 6. The molecule has 1 aromatic heterocycles. The largest absolute Gasteiger partial charge is 0.274 e. The third kappa shape index (κ3) is 3.35. The lowest BCUT2D eigenvalue weighted by molar-refractivity contribution is 0.0655. The van der Waals surface area contributed by atoms with E-state index in [0.717, 1.165) is 11.3 Å². The molecule has 0 spiro atoms. The van der Waals surface area contributed by atoms with Gasteiger partial charge in [0, 0.05) is 12.3 Å². The minimum Gasteiger partial charge on any atom is -0.274 e. The van der Waals surface area contributed by atoms with Crippen LogP contribution in [-0.4, -0.2) is 49.2 Å². The van der Waals surface area contributed by atoms with E-state index in [1.807, 2.05) is 31.2 Å². The van der Waals surface area contributed by atoms with Crippen LogP contribution in [0.5, 0.6) is 0 Å². The number of nitrogens with zero attached hydrogens (tertiary/aromatic N) is 5. The number of hydrogen-bond donors (Lipinski definition) is 0. The van der Waals surface area contributed by atoms with Gasteiger partial charge in [-0.25, -0.2) is 0 Å². The van der Waals surface area contributed by atoms with Crippen LogP contribution in [0.4, 0.5) is 0 Å². The van der Waals surface area contributed by atoms with Crippen molar-refractivity contribution in [1.29, 1.82) is 0 Å². The third-order valence-electron chi connectivity index (χ3n) is 4.32. The van der Waals surface area contributed by atoms with Crippen molar-refractivity contribution in [2.75, 3.05) is 12.3 Å². The molecule has 0 saturated carbocycles. The van der Waals surface area contributed by atoms with E-state index in [1.54, 1.807) is 28.9 Å². The molecule has 0 atom stereocenters. The molecule has 8 heteroatoms. The van der Waals surface area contributed by atoms with Gasteiger partial charge in [-0.1, -0.05) is 36.0 Å². The number of carbonyl (C=O) groups is 2. The number of amides is 2. The van der Waals surface area contributed by atoms with Crippen molar-refractivity contribution in [3.8, 4) is 5.69 Å². The van der Waals surface area contributed by atoms with Crippen molar-refractivity contribution < 1.29 is 9.59 Å². The predicted octanol–water partition coefficient (Wildman–Crippen LogP) is 2.75. The fraction of sp³-hybridized carbons (Fsp3) is 0.211. The Bertz CT molecular complexity index is 982. The molecular weight excluding hydrogens is 362 g/mol. The van der Waals surface area contributed by atoms with Crippen molar-refractivity contribution >= 4 is 23.6 Å². The average molecular weight is 379 g/mol. The van der Waals surface area contributed by atoms with E-state index in [2.05, 4.69) is 15.5 Å². The molecule has 1 aliphatic heterocycles. The van der Waals surface area contributed by atoms with E-state index < -0.39 is 0 Å². The van der Waals surface area contributed by atoms with Crippen LogP contribution < -0.4 is 0 Å². The second-order valence-corrected chi connectivity index (χ2v) is 7.28. The minimum atomic E-state index is -0.217. The first kappa shape index (κ1) is 17.4. The van der Waals surface area contributed by atoms with Crippen LogP contribution in [-0.2, 0) is 0 Å². The summed E-state index contributed by atoms with van der Waals surface area (Å²) in [5, 5.41) is 12.6. The van der Waals surface area contributed by atoms with Gasteiger partial charge in [0.25, 0.3) is 11.8 Å². The van der Waals surface area contributed by atoms with E-state index in [-0.39, 0.29) is 11.8 Å². The fourth-order valence-electron chi connectivity index (χ4n) is 3.02. The van der Waals surface area contributed by atoms with Gasteiger partial charge in [-0.05, 0) is 53.6 Å². The van der Waals surface area contributed by atoms with Gasteiger partial charge in [-0.2, -0.15) is 4.68 Å². The van der Waals surface area contributed by atoms with E-state index >= 15 is 0 Å². The van der Waals surface area contributed by atoms with E-state index in [0.29, 0.717) is 35.0 Å². The van der Waals surface area contributed by atoms with Crippen molar-refractivity contribution in [3.63, 3.8) is 0 Å². The lowest BCUT2D eigenvalue weighted by Gasteiger charge is -2.13. The Morgan fingerprint density at radius 3 is 2.44 bits per heavy atom. The molecule has 3 aromatic rings. The lowest BCUT2D eigenvalue weighted by atomic mass is 10.1. The van der Waals surface area contributed by atoms with Crippen LogP contribution >= 0.6 is 11.8 Å². The number of thioether (sulfide) groups is 1. The Morgan fingerprint density at radius 2 is 1.74 bits per heavy atom. The maximum absolute atomic E-state index is 12.4. The molecule has 0 unspecified atom stereocenters.